The minimum Gasteiger partial charge on any atom is -0.237 e. The van der Waals surface area contributed by atoms with Crippen LogP contribution in [0, 0.1) is 0 Å². The van der Waals surface area contributed by atoms with E-state index in [4.69, 9.17) is 0 Å². The highest BCUT2D eigenvalue weighted by molar-refractivity contribution is 5.58. The summed E-state index contributed by atoms with van der Waals surface area (Å²) in [4.78, 5) is 4.31. The zero-order valence-electron chi connectivity index (χ0n) is 8.36. The van der Waals surface area contributed by atoms with E-state index in [1.54, 1.807) is 0 Å². The SMILES string of the molecule is CCC(=C=NC(C)(C)C)CC. The van der Waals surface area contributed by atoms with Gasteiger partial charge in [-0.3, -0.25) is 0 Å². The van der Waals surface area contributed by atoms with E-state index < -0.39 is 0 Å². The number of allylic oxidation sites excluding steroid dienone is 1. The molecule has 0 aromatic rings. The van der Waals surface area contributed by atoms with Crippen LogP contribution < -0.4 is 0 Å². The van der Waals surface area contributed by atoms with Gasteiger partial charge in [0.1, 0.15) is 0 Å². The van der Waals surface area contributed by atoms with Crippen molar-refractivity contribution in [2.24, 2.45) is 4.99 Å². The molecule has 1 heteroatoms. The van der Waals surface area contributed by atoms with E-state index in [0.717, 1.165) is 12.8 Å². The van der Waals surface area contributed by atoms with Crippen LogP contribution in [-0.2, 0) is 0 Å². The maximum atomic E-state index is 4.31. The molecule has 0 saturated heterocycles. The molecule has 0 aliphatic heterocycles. The second kappa shape index (κ2) is 4.35. The van der Waals surface area contributed by atoms with Crippen LogP contribution in [-0.4, -0.2) is 11.4 Å². The Labute approximate surface area is 70.2 Å². The largest absolute Gasteiger partial charge is 0.237 e. The minimum absolute atomic E-state index is 0.0234. The van der Waals surface area contributed by atoms with E-state index in [9.17, 15) is 0 Å². The van der Waals surface area contributed by atoms with Crippen molar-refractivity contribution in [1.82, 2.24) is 0 Å². The highest BCUT2D eigenvalue weighted by Gasteiger charge is 2.04. The van der Waals surface area contributed by atoms with Gasteiger partial charge in [-0.05, 0) is 45.1 Å². The molecule has 0 aliphatic rings. The van der Waals surface area contributed by atoms with Gasteiger partial charge in [0.05, 0.1) is 5.54 Å². The van der Waals surface area contributed by atoms with Gasteiger partial charge >= 0.3 is 0 Å². The van der Waals surface area contributed by atoms with E-state index in [2.05, 4.69) is 45.5 Å². The van der Waals surface area contributed by atoms with Crippen LogP contribution in [0.2, 0.25) is 0 Å². The fourth-order valence-corrected chi connectivity index (χ4v) is 0.655. The molecule has 0 aliphatic carbocycles. The van der Waals surface area contributed by atoms with Crippen molar-refractivity contribution in [3.05, 3.63) is 5.57 Å². The second-order valence-electron chi connectivity index (χ2n) is 3.71. The summed E-state index contributed by atoms with van der Waals surface area (Å²) in [7, 11) is 0. The van der Waals surface area contributed by atoms with E-state index >= 15 is 0 Å². The van der Waals surface area contributed by atoms with Crippen molar-refractivity contribution in [2.45, 2.75) is 53.0 Å². The van der Waals surface area contributed by atoms with Gasteiger partial charge in [0.25, 0.3) is 0 Å². The normalized spacial score (nSPS) is 10.6. The predicted molar refractivity (Wildman–Crippen MR) is 51.3 cm³/mol. The van der Waals surface area contributed by atoms with Crippen LogP contribution in [0.15, 0.2) is 10.6 Å². The molecular formula is C10H19N. The molecule has 0 radical (unpaired) electrons. The zero-order valence-corrected chi connectivity index (χ0v) is 8.36. The predicted octanol–water partition coefficient (Wildman–Crippen LogP) is 3.20. The van der Waals surface area contributed by atoms with Crippen molar-refractivity contribution >= 4 is 5.87 Å². The minimum atomic E-state index is 0.0234. The standard InChI is InChI=1S/C10H19N/c1-6-9(7-2)8-11-10(3,4)5/h6-7H2,1-5H3. The quantitative estimate of drug-likeness (QED) is 0.540. The van der Waals surface area contributed by atoms with Gasteiger partial charge in [-0.15, -0.1) is 0 Å². The molecule has 0 aromatic heterocycles. The van der Waals surface area contributed by atoms with Crippen molar-refractivity contribution in [1.29, 1.82) is 0 Å². The highest BCUT2D eigenvalue weighted by Crippen LogP contribution is 2.06. The number of hydrogen-bond donors (Lipinski definition) is 0. The summed E-state index contributed by atoms with van der Waals surface area (Å²) in [5.74, 6) is 3.10. The van der Waals surface area contributed by atoms with Gasteiger partial charge < -0.3 is 0 Å². The van der Waals surface area contributed by atoms with Crippen molar-refractivity contribution < 1.29 is 0 Å². The van der Waals surface area contributed by atoms with Gasteiger partial charge in [0, 0.05) is 0 Å². The Morgan fingerprint density at radius 2 is 1.64 bits per heavy atom. The molecule has 0 saturated carbocycles. The summed E-state index contributed by atoms with van der Waals surface area (Å²) in [5, 5.41) is 0. The van der Waals surface area contributed by atoms with Crippen LogP contribution in [0.5, 0.6) is 0 Å². The molecule has 0 fully saturated rings. The van der Waals surface area contributed by atoms with Crippen molar-refractivity contribution in [3.8, 4) is 0 Å². The molecule has 0 atom stereocenters. The molecule has 0 amide bonds. The number of hydrogen-bond acceptors (Lipinski definition) is 1. The molecule has 0 unspecified atom stereocenters. The lowest BCUT2D eigenvalue weighted by molar-refractivity contribution is 0.587. The highest BCUT2D eigenvalue weighted by atomic mass is 14.8. The molecule has 64 valence electrons. The lowest BCUT2D eigenvalue weighted by Gasteiger charge is -2.08. The fraction of sp³-hybridized carbons (Fsp3) is 0.800. The van der Waals surface area contributed by atoms with Crippen LogP contribution in [0.3, 0.4) is 0 Å². The Bertz CT molecular complexity index is 160. The Morgan fingerprint density at radius 3 is 1.91 bits per heavy atom. The molecule has 0 aromatic carbocycles. The maximum absolute atomic E-state index is 4.31. The third-order valence-electron chi connectivity index (χ3n) is 1.40. The summed E-state index contributed by atoms with van der Waals surface area (Å²) < 4.78 is 0. The van der Waals surface area contributed by atoms with Crippen LogP contribution in [0.25, 0.3) is 0 Å². The van der Waals surface area contributed by atoms with Gasteiger partial charge in [-0.1, -0.05) is 13.8 Å². The van der Waals surface area contributed by atoms with Crippen molar-refractivity contribution in [3.63, 3.8) is 0 Å². The fourth-order valence-electron chi connectivity index (χ4n) is 0.655. The zero-order chi connectivity index (χ0) is 8.91. The van der Waals surface area contributed by atoms with Gasteiger partial charge in [0.2, 0.25) is 0 Å². The lowest BCUT2D eigenvalue weighted by atomic mass is 10.1. The van der Waals surface area contributed by atoms with Crippen LogP contribution in [0.4, 0.5) is 0 Å². The van der Waals surface area contributed by atoms with E-state index in [0.29, 0.717) is 0 Å². The van der Waals surface area contributed by atoms with Gasteiger partial charge in [0.15, 0.2) is 0 Å². The average Bonchev–Trinajstić information content (AvgIpc) is 1.88. The number of aliphatic imine (C=N–C) groups is 1. The summed E-state index contributed by atoms with van der Waals surface area (Å²) in [5.41, 5.74) is 1.33. The first-order valence-electron chi connectivity index (χ1n) is 4.32. The second-order valence-corrected chi connectivity index (χ2v) is 3.71. The lowest BCUT2D eigenvalue weighted by Crippen LogP contribution is -2.08. The van der Waals surface area contributed by atoms with Crippen LogP contribution >= 0.6 is 0 Å². The van der Waals surface area contributed by atoms with Crippen molar-refractivity contribution in [2.75, 3.05) is 0 Å². The van der Waals surface area contributed by atoms with E-state index in [1.165, 1.54) is 5.57 Å². The van der Waals surface area contributed by atoms with E-state index in [1.807, 2.05) is 0 Å². The summed E-state index contributed by atoms with van der Waals surface area (Å²) in [6, 6.07) is 0. The Hall–Kier alpha value is -0.550. The van der Waals surface area contributed by atoms with E-state index in [-0.39, 0.29) is 5.54 Å². The first-order chi connectivity index (χ1) is 4.99. The molecular weight excluding hydrogens is 134 g/mol. The van der Waals surface area contributed by atoms with Gasteiger partial charge in [-0.25, -0.2) is 4.99 Å². The molecule has 1 nitrogen and oxygen atoms in total. The first-order valence-corrected chi connectivity index (χ1v) is 4.32. The monoisotopic (exact) mass is 153 g/mol. The van der Waals surface area contributed by atoms with Gasteiger partial charge in [-0.2, -0.15) is 0 Å². The molecule has 0 N–H and O–H groups in total. The summed E-state index contributed by atoms with van der Waals surface area (Å²) in [6.45, 7) is 10.5. The molecule has 0 heterocycles. The summed E-state index contributed by atoms with van der Waals surface area (Å²) >= 11 is 0. The summed E-state index contributed by atoms with van der Waals surface area (Å²) in [6.07, 6.45) is 2.13. The average molecular weight is 153 g/mol. The molecule has 0 bridgehead atoms. The Morgan fingerprint density at radius 1 is 1.18 bits per heavy atom. The Kier molecular flexibility index (Phi) is 4.14. The smallest absolute Gasteiger partial charge is 0.0618 e. The van der Waals surface area contributed by atoms with Crippen LogP contribution in [0.1, 0.15) is 47.5 Å². The first kappa shape index (κ1) is 10.4. The third-order valence-corrected chi connectivity index (χ3v) is 1.40. The number of nitrogens with zero attached hydrogens (tertiary/aromatic N) is 1. The topological polar surface area (TPSA) is 12.4 Å². The molecule has 0 rings (SSSR count). The molecule has 11 heavy (non-hydrogen) atoms. The maximum Gasteiger partial charge on any atom is 0.0618 e. The molecule has 0 spiro atoms. The Balaban J connectivity index is 4.36. The number of rotatable bonds is 2. The third kappa shape index (κ3) is 5.87.